The van der Waals surface area contributed by atoms with Gasteiger partial charge in [0.2, 0.25) is 0 Å². The molecule has 1 unspecified atom stereocenters. The van der Waals surface area contributed by atoms with Crippen LogP contribution in [0.25, 0.3) is 10.9 Å². The topological polar surface area (TPSA) is 65.6 Å². The van der Waals surface area contributed by atoms with Crippen LogP contribution in [0.2, 0.25) is 0 Å². The van der Waals surface area contributed by atoms with Crippen molar-refractivity contribution in [2.24, 2.45) is 0 Å². The first-order valence-electron chi connectivity index (χ1n) is 8.55. The molecule has 0 spiro atoms. The van der Waals surface area contributed by atoms with Gasteiger partial charge in [0.25, 0.3) is 10.2 Å². The molecule has 0 aliphatic carbocycles. The maximum atomic E-state index is 13.6. The predicted molar refractivity (Wildman–Crippen MR) is 92.9 cm³/mol. The number of hydrogen-bond acceptors (Lipinski definition) is 3. The van der Waals surface area contributed by atoms with Crippen LogP contribution in [-0.4, -0.2) is 54.9 Å². The van der Waals surface area contributed by atoms with E-state index in [2.05, 4.69) is 4.98 Å². The fourth-order valence-electron chi connectivity index (χ4n) is 3.98. The van der Waals surface area contributed by atoms with Gasteiger partial charge >= 0.3 is 0 Å². The van der Waals surface area contributed by atoms with Crippen LogP contribution >= 0.6 is 0 Å². The van der Waals surface area contributed by atoms with E-state index < -0.39 is 10.2 Å². The van der Waals surface area contributed by atoms with Crippen molar-refractivity contribution in [1.82, 2.24) is 13.6 Å². The molecule has 0 saturated carbocycles. The van der Waals surface area contributed by atoms with Crippen LogP contribution in [0.15, 0.2) is 18.2 Å². The number of benzene rings is 1. The van der Waals surface area contributed by atoms with Gasteiger partial charge in [-0.15, -0.1) is 0 Å². The van der Waals surface area contributed by atoms with Crippen LogP contribution in [0.1, 0.15) is 24.1 Å². The lowest BCUT2D eigenvalue weighted by Crippen LogP contribution is -2.48. The van der Waals surface area contributed by atoms with Crippen LogP contribution in [0.4, 0.5) is 4.39 Å². The summed E-state index contributed by atoms with van der Waals surface area (Å²) < 4.78 is 48.1. The zero-order chi connectivity index (χ0) is 17.6. The van der Waals surface area contributed by atoms with Gasteiger partial charge in [0, 0.05) is 55.8 Å². The molecule has 6 nitrogen and oxygen atoms in total. The van der Waals surface area contributed by atoms with Crippen LogP contribution in [0, 0.1) is 5.82 Å². The monoisotopic (exact) mass is 367 g/mol. The van der Waals surface area contributed by atoms with Crippen molar-refractivity contribution in [2.45, 2.75) is 31.8 Å². The summed E-state index contributed by atoms with van der Waals surface area (Å²) in [6.45, 7) is 1.65. The summed E-state index contributed by atoms with van der Waals surface area (Å²) in [7, 11) is -1.96. The lowest BCUT2D eigenvalue weighted by molar-refractivity contribution is 0.145. The fourth-order valence-corrected chi connectivity index (χ4v) is 5.79. The number of halogens is 1. The van der Waals surface area contributed by atoms with Crippen LogP contribution < -0.4 is 0 Å². The Kier molecular flexibility index (Phi) is 4.31. The molecule has 8 heteroatoms. The third-order valence-corrected chi connectivity index (χ3v) is 7.24. The second-order valence-electron chi connectivity index (χ2n) is 6.73. The summed E-state index contributed by atoms with van der Waals surface area (Å²) in [5.41, 5.74) is 2.73. The van der Waals surface area contributed by atoms with E-state index in [0.717, 1.165) is 35.0 Å². The summed E-state index contributed by atoms with van der Waals surface area (Å²) in [5.74, 6) is -0.311. The number of H-pyrrole nitrogens is 1. The molecule has 1 aromatic heterocycles. The third-order valence-electron chi connectivity index (χ3n) is 5.21. The minimum atomic E-state index is -3.55. The number of nitrogens with zero attached hydrogens (tertiary/aromatic N) is 2. The average molecular weight is 367 g/mol. The molecule has 1 fully saturated rings. The van der Waals surface area contributed by atoms with Gasteiger partial charge in [0.1, 0.15) is 5.82 Å². The Morgan fingerprint density at radius 2 is 2.20 bits per heavy atom. The Bertz CT molecular complexity index is 896. The van der Waals surface area contributed by atoms with E-state index in [1.54, 1.807) is 17.5 Å². The van der Waals surface area contributed by atoms with E-state index in [1.165, 1.54) is 16.4 Å². The highest BCUT2D eigenvalue weighted by Crippen LogP contribution is 2.32. The van der Waals surface area contributed by atoms with Gasteiger partial charge in [0.05, 0.1) is 6.61 Å². The van der Waals surface area contributed by atoms with Gasteiger partial charge in [-0.05, 0) is 36.6 Å². The molecule has 25 heavy (non-hydrogen) atoms. The van der Waals surface area contributed by atoms with Crippen molar-refractivity contribution >= 4 is 21.1 Å². The number of methoxy groups -OCH3 is 1. The standard InChI is InChI=1S/C17H22FN3O3S/c1-24-11-13-3-2-7-21(13)25(22,23)20-8-6-17-15(10-20)14-9-12(18)4-5-16(14)19-17/h4-5,9,13,19H,2-3,6-8,10-11H2,1H3. The lowest BCUT2D eigenvalue weighted by atomic mass is 10.1. The van der Waals surface area contributed by atoms with Crippen LogP contribution in [0.5, 0.6) is 0 Å². The van der Waals surface area contributed by atoms with E-state index in [0.29, 0.717) is 26.1 Å². The summed E-state index contributed by atoms with van der Waals surface area (Å²) in [4.78, 5) is 3.29. The molecule has 0 radical (unpaired) electrons. The normalized spacial score (nSPS) is 22.6. The lowest BCUT2D eigenvalue weighted by Gasteiger charge is -2.33. The van der Waals surface area contributed by atoms with Gasteiger partial charge < -0.3 is 9.72 Å². The van der Waals surface area contributed by atoms with E-state index >= 15 is 0 Å². The minimum absolute atomic E-state index is 0.100. The molecule has 1 N–H and O–H groups in total. The Morgan fingerprint density at radius 3 is 3.00 bits per heavy atom. The van der Waals surface area contributed by atoms with Crippen LogP contribution in [0.3, 0.4) is 0 Å². The van der Waals surface area contributed by atoms with Gasteiger partial charge in [-0.2, -0.15) is 17.0 Å². The Balaban J connectivity index is 1.65. The summed E-state index contributed by atoms with van der Waals surface area (Å²) >= 11 is 0. The van der Waals surface area contributed by atoms with Crippen molar-refractivity contribution in [3.8, 4) is 0 Å². The molecule has 1 saturated heterocycles. The molecule has 2 aliphatic rings. The van der Waals surface area contributed by atoms with Crippen molar-refractivity contribution in [3.05, 3.63) is 35.3 Å². The minimum Gasteiger partial charge on any atom is -0.383 e. The molecular weight excluding hydrogens is 345 g/mol. The largest absolute Gasteiger partial charge is 0.383 e. The second kappa shape index (κ2) is 6.35. The highest BCUT2D eigenvalue weighted by molar-refractivity contribution is 7.86. The van der Waals surface area contributed by atoms with E-state index in [1.807, 2.05) is 0 Å². The maximum Gasteiger partial charge on any atom is 0.282 e. The maximum absolute atomic E-state index is 13.6. The van der Waals surface area contributed by atoms with E-state index in [4.69, 9.17) is 4.74 Å². The number of rotatable bonds is 4. The zero-order valence-corrected chi connectivity index (χ0v) is 15.0. The number of aromatic nitrogens is 1. The molecule has 136 valence electrons. The SMILES string of the molecule is COCC1CCCN1S(=O)(=O)N1CCc2[nH]c3ccc(F)cc3c2C1. The first kappa shape index (κ1) is 17.0. The molecule has 4 rings (SSSR count). The molecule has 1 aromatic carbocycles. The molecule has 3 heterocycles. The molecule has 0 amide bonds. The highest BCUT2D eigenvalue weighted by atomic mass is 32.2. The smallest absolute Gasteiger partial charge is 0.282 e. The van der Waals surface area contributed by atoms with E-state index in [-0.39, 0.29) is 18.4 Å². The van der Waals surface area contributed by atoms with Crippen LogP contribution in [-0.2, 0) is 27.9 Å². The molecule has 2 aliphatic heterocycles. The van der Waals surface area contributed by atoms with Gasteiger partial charge in [0.15, 0.2) is 0 Å². The summed E-state index contributed by atoms with van der Waals surface area (Å²) in [5, 5.41) is 0.768. The van der Waals surface area contributed by atoms with Gasteiger partial charge in [-0.1, -0.05) is 0 Å². The van der Waals surface area contributed by atoms with E-state index in [9.17, 15) is 12.8 Å². The number of aromatic amines is 1. The van der Waals surface area contributed by atoms with Gasteiger partial charge in [-0.3, -0.25) is 0 Å². The average Bonchev–Trinajstić information content (AvgIpc) is 3.19. The number of nitrogens with one attached hydrogen (secondary N) is 1. The summed E-state index contributed by atoms with van der Waals surface area (Å²) in [6.07, 6.45) is 2.28. The van der Waals surface area contributed by atoms with Gasteiger partial charge in [-0.25, -0.2) is 4.39 Å². The second-order valence-corrected chi connectivity index (χ2v) is 8.61. The highest BCUT2D eigenvalue weighted by Gasteiger charge is 2.39. The predicted octanol–water partition coefficient (Wildman–Crippen LogP) is 2.02. The van der Waals surface area contributed by atoms with Crippen molar-refractivity contribution in [1.29, 1.82) is 0 Å². The number of fused-ring (bicyclic) bond motifs is 3. The van der Waals surface area contributed by atoms with Crippen molar-refractivity contribution < 1.29 is 17.5 Å². The molecular formula is C17H22FN3O3S. The Hall–Kier alpha value is -1.48. The quantitative estimate of drug-likeness (QED) is 0.899. The number of hydrogen-bond donors (Lipinski definition) is 1. The van der Waals surface area contributed by atoms with Crippen molar-refractivity contribution in [2.75, 3.05) is 26.8 Å². The first-order valence-corrected chi connectivity index (χ1v) is 9.95. The summed E-state index contributed by atoms with van der Waals surface area (Å²) in [6, 6.07) is 4.50. The Morgan fingerprint density at radius 1 is 1.36 bits per heavy atom. The zero-order valence-electron chi connectivity index (χ0n) is 14.2. The van der Waals surface area contributed by atoms with Crippen molar-refractivity contribution in [3.63, 3.8) is 0 Å². The Labute approximate surface area is 146 Å². The number of ether oxygens (including phenoxy) is 1. The third kappa shape index (κ3) is 2.87. The fraction of sp³-hybridized carbons (Fsp3) is 0.529. The molecule has 0 bridgehead atoms. The molecule has 1 atom stereocenters. The molecule has 2 aromatic rings. The first-order chi connectivity index (χ1) is 12.0.